The summed E-state index contributed by atoms with van der Waals surface area (Å²) in [5.41, 5.74) is -1.15. The first-order valence-electron chi connectivity index (χ1n) is 7.35. The number of rotatable bonds is 5. The standard InChI is InChI=1S/C17H19F3N2O2/c1-16(24,13-6-4-3-5-7-13)10-14(23)21-15(17(18,19)20)12-8-9-22(2)11-12/h3-9,11,15,24H,10H2,1-2H3,(H,21,23)/t15-,16+/m1/s1. The first-order valence-corrected chi connectivity index (χ1v) is 7.35. The van der Waals surface area contributed by atoms with Gasteiger partial charge in [0.25, 0.3) is 0 Å². The number of carbonyl (C=O) groups is 1. The molecule has 0 spiro atoms. The van der Waals surface area contributed by atoms with Crippen molar-refractivity contribution < 1.29 is 23.1 Å². The maximum absolute atomic E-state index is 13.2. The van der Waals surface area contributed by atoms with Crippen molar-refractivity contribution in [2.24, 2.45) is 7.05 Å². The number of hydrogen-bond acceptors (Lipinski definition) is 2. The van der Waals surface area contributed by atoms with Crippen molar-refractivity contribution >= 4 is 5.91 Å². The summed E-state index contributed by atoms with van der Waals surface area (Å²) in [7, 11) is 1.60. The van der Waals surface area contributed by atoms with Gasteiger partial charge in [-0.2, -0.15) is 13.2 Å². The van der Waals surface area contributed by atoms with Gasteiger partial charge in [-0.15, -0.1) is 0 Å². The van der Waals surface area contributed by atoms with E-state index in [9.17, 15) is 23.1 Å². The Morgan fingerprint density at radius 1 is 1.25 bits per heavy atom. The fourth-order valence-corrected chi connectivity index (χ4v) is 2.47. The van der Waals surface area contributed by atoms with E-state index in [4.69, 9.17) is 0 Å². The zero-order valence-corrected chi connectivity index (χ0v) is 13.3. The lowest BCUT2D eigenvalue weighted by molar-refractivity contribution is -0.164. The van der Waals surface area contributed by atoms with E-state index in [0.717, 1.165) is 0 Å². The highest BCUT2D eigenvalue weighted by atomic mass is 19.4. The molecule has 0 radical (unpaired) electrons. The van der Waals surface area contributed by atoms with Crippen LogP contribution in [0.2, 0.25) is 0 Å². The van der Waals surface area contributed by atoms with Crippen molar-refractivity contribution in [2.45, 2.75) is 31.2 Å². The highest BCUT2D eigenvalue weighted by molar-refractivity contribution is 5.77. The molecule has 0 saturated heterocycles. The van der Waals surface area contributed by atoms with Gasteiger partial charge in [-0.05, 0) is 18.6 Å². The minimum Gasteiger partial charge on any atom is -0.385 e. The topological polar surface area (TPSA) is 54.3 Å². The number of halogens is 3. The Labute approximate surface area is 137 Å². The van der Waals surface area contributed by atoms with Crippen LogP contribution in [-0.4, -0.2) is 21.8 Å². The van der Waals surface area contributed by atoms with Crippen molar-refractivity contribution in [2.75, 3.05) is 0 Å². The average Bonchev–Trinajstić information content (AvgIpc) is 2.90. The molecule has 0 aliphatic heterocycles. The van der Waals surface area contributed by atoms with E-state index in [-0.39, 0.29) is 5.56 Å². The second-order valence-corrected chi connectivity index (χ2v) is 5.97. The minimum atomic E-state index is -4.63. The fourth-order valence-electron chi connectivity index (χ4n) is 2.47. The summed E-state index contributed by atoms with van der Waals surface area (Å²) in [5, 5.41) is 12.4. The number of amides is 1. The number of benzene rings is 1. The molecule has 4 nitrogen and oxygen atoms in total. The number of aliphatic hydroxyl groups is 1. The molecule has 7 heteroatoms. The second kappa shape index (κ2) is 6.68. The summed E-state index contributed by atoms with van der Waals surface area (Å²) in [4.78, 5) is 12.1. The Morgan fingerprint density at radius 2 is 1.88 bits per heavy atom. The number of carbonyl (C=O) groups excluding carboxylic acids is 1. The number of nitrogens with one attached hydrogen (secondary N) is 1. The van der Waals surface area contributed by atoms with Gasteiger partial charge in [0.2, 0.25) is 5.91 Å². The van der Waals surface area contributed by atoms with Crippen LogP contribution in [0.3, 0.4) is 0 Å². The molecule has 130 valence electrons. The van der Waals surface area contributed by atoms with E-state index in [0.29, 0.717) is 5.56 Å². The van der Waals surface area contributed by atoms with E-state index in [2.05, 4.69) is 0 Å². The zero-order chi connectivity index (χ0) is 18.0. The van der Waals surface area contributed by atoms with Gasteiger partial charge in [-0.1, -0.05) is 30.3 Å². The van der Waals surface area contributed by atoms with Gasteiger partial charge in [0, 0.05) is 25.0 Å². The monoisotopic (exact) mass is 340 g/mol. The van der Waals surface area contributed by atoms with E-state index in [1.165, 1.54) is 30.0 Å². The molecule has 0 aliphatic carbocycles. The third kappa shape index (κ3) is 4.38. The average molecular weight is 340 g/mol. The van der Waals surface area contributed by atoms with E-state index in [1.807, 2.05) is 5.32 Å². The molecule has 2 atom stereocenters. The van der Waals surface area contributed by atoms with E-state index >= 15 is 0 Å². The number of aryl methyl sites for hydroxylation is 1. The molecule has 0 bridgehead atoms. The predicted molar refractivity (Wildman–Crippen MR) is 83.0 cm³/mol. The van der Waals surface area contributed by atoms with Crippen LogP contribution >= 0.6 is 0 Å². The number of alkyl halides is 3. The molecule has 0 aliphatic rings. The van der Waals surface area contributed by atoms with Crippen LogP contribution < -0.4 is 5.32 Å². The third-order valence-electron chi connectivity index (χ3n) is 3.72. The molecule has 0 fully saturated rings. The molecule has 2 N–H and O–H groups in total. The molecule has 2 aromatic rings. The summed E-state index contributed by atoms with van der Waals surface area (Å²) in [6, 6.07) is 7.53. The molecular formula is C17H19F3N2O2. The van der Waals surface area contributed by atoms with E-state index in [1.54, 1.807) is 37.4 Å². The molecule has 2 rings (SSSR count). The van der Waals surface area contributed by atoms with Gasteiger partial charge in [0.1, 0.15) is 0 Å². The molecule has 1 heterocycles. The SMILES string of the molecule is Cn1ccc([C@@H](NC(=O)C[C@](C)(O)c2ccccc2)C(F)(F)F)c1. The molecule has 0 saturated carbocycles. The lowest BCUT2D eigenvalue weighted by atomic mass is 9.92. The summed E-state index contributed by atoms with van der Waals surface area (Å²) < 4.78 is 41.2. The lowest BCUT2D eigenvalue weighted by Gasteiger charge is -2.26. The van der Waals surface area contributed by atoms with Crippen LogP contribution in [0.15, 0.2) is 48.8 Å². The van der Waals surface area contributed by atoms with Crippen molar-refractivity contribution in [3.05, 3.63) is 59.9 Å². The van der Waals surface area contributed by atoms with Gasteiger partial charge >= 0.3 is 6.18 Å². The third-order valence-corrected chi connectivity index (χ3v) is 3.72. The summed E-state index contributed by atoms with van der Waals surface area (Å²) in [6.07, 6.45) is -2.33. The number of hydrogen-bond donors (Lipinski definition) is 2. The van der Waals surface area contributed by atoms with Crippen molar-refractivity contribution in [1.29, 1.82) is 0 Å². The molecule has 1 amide bonds. The Balaban J connectivity index is 2.14. The zero-order valence-electron chi connectivity index (χ0n) is 13.3. The summed E-state index contributed by atoms with van der Waals surface area (Å²) >= 11 is 0. The fraction of sp³-hybridized carbons (Fsp3) is 0.353. The van der Waals surface area contributed by atoms with Gasteiger partial charge < -0.3 is 15.0 Å². The first-order chi connectivity index (χ1) is 11.1. The van der Waals surface area contributed by atoms with Gasteiger partial charge in [-0.3, -0.25) is 4.79 Å². The molecular weight excluding hydrogens is 321 g/mol. The molecule has 24 heavy (non-hydrogen) atoms. The van der Waals surface area contributed by atoms with Gasteiger partial charge in [0.05, 0.1) is 12.0 Å². The minimum absolute atomic E-state index is 0.0577. The Kier molecular flexibility index (Phi) is 5.03. The number of aromatic nitrogens is 1. The quantitative estimate of drug-likeness (QED) is 0.879. The predicted octanol–water partition coefficient (Wildman–Crippen LogP) is 3.04. The largest absolute Gasteiger partial charge is 0.412 e. The highest BCUT2D eigenvalue weighted by Gasteiger charge is 2.43. The summed E-state index contributed by atoms with van der Waals surface area (Å²) in [5.74, 6) is -0.880. The molecule has 1 aromatic heterocycles. The normalized spacial score (nSPS) is 15.6. The lowest BCUT2D eigenvalue weighted by Crippen LogP contribution is -2.40. The van der Waals surface area contributed by atoms with E-state index < -0.39 is 30.1 Å². The smallest absolute Gasteiger partial charge is 0.385 e. The molecule has 1 aromatic carbocycles. The van der Waals surface area contributed by atoms with Crippen LogP contribution in [0, 0.1) is 0 Å². The first kappa shape index (κ1) is 18.1. The number of nitrogens with zero attached hydrogens (tertiary/aromatic N) is 1. The van der Waals surface area contributed by atoms with Gasteiger partial charge in [-0.25, -0.2) is 0 Å². The van der Waals surface area contributed by atoms with Crippen LogP contribution in [0.5, 0.6) is 0 Å². The van der Waals surface area contributed by atoms with Crippen LogP contribution in [0.4, 0.5) is 13.2 Å². The van der Waals surface area contributed by atoms with Crippen LogP contribution in [0.25, 0.3) is 0 Å². The maximum atomic E-state index is 13.2. The van der Waals surface area contributed by atoms with Gasteiger partial charge in [0.15, 0.2) is 6.04 Å². The van der Waals surface area contributed by atoms with Crippen LogP contribution in [0.1, 0.15) is 30.5 Å². The highest BCUT2D eigenvalue weighted by Crippen LogP contribution is 2.33. The van der Waals surface area contributed by atoms with Crippen molar-refractivity contribution in [3.8, 4) is 0 Å². The van der Waals surface area contributed by atoms with Crippen molar-refractivity contribution in [1.82, 2.24) is 9.88 Å². The Bertz CT molecular complexity index is 693. The Hall–Kier alpha value is -2.28. The molecule has 0 unspecified atom stereocenters. The maximum Gasteiger partial charge on any atom is 0.412 e. The summed E-state index contributed by atoms with van der Waals surface area (Å²) in [6.45, 7) is 1.40. The van der Waals surface area contributed by atoms with Crippen molar-refractivity contribution in [3.63, 3.8) is 0 Å². The Morgan fingerprint density at radius 3 is 2.38 bits per heavy atom. The van der Waals surface area contributed by atoms with Crippen LogP contribution in [-0.2, 0) is 17.4 Å². The second-order valence-electron chi connectivity index (χ2n) is 5.97.